The van der Waals surface area contributed by atoms with Gasteiger partial charge in [0.15, 0.2) is 0 Å². The second-order valence-corrected chi connectivity index (χ2v) is 4.87. The van der Waals surface area contributed by atoms with Crippen LogP contribution in [0.3, 0.4) is 0 Å². The molecule has 0 saturated carbocycles. The minimum Gasteiger partial charge on any atom is -0.478 e. The van der Waals surface area contributed by atoms with E-state index < -0.39 is 0 Å². The molecule has 3 heterocycles. The molecule has 0 bridgehead atoms. The van der Waals surface area contributed by atoms with E-state index in [9.17, 15) is 4.79 Å². The van der Waals surface area contributed by atoms with Crippen molar-refractivity contribution >= 4 is 5.91 Å². The van der Waals surface area contributed by atoms with Crippen molar-refractivity contribution in [2.45, 2.75) is 13.5 Å². The maximum atomic E-state index is 12.1. The van der Waals surface area contributed by atoms with Crippen LogP contribution in [0.25, 0.3) is 5.69 Å². The van der Waals surface area contributed by atoms with Gasteiger partial charge in [-0.3, -0.25) is 9.78 Å². The average molecular weight is 324 g/mol. The quantitative estimate of drug-likeness (QED) is 0.736. The molecular weight excluding hydrogens is 308 g/mol. The van der Waals surface area contributed by atoms with Gasteiger partial charge in [0.2, 0.25) is 5.88 Å². The van der Waals surface area contributed by atoms with Crippen molar-refractivity contribution in [1.82, 2.24) is 30.3 Å². The Morgan fingerprint density at radius 2 is 2.21 bits per heavy atom. The Morgan fingerprint density at radius 1 is 1.29 bits per heavy atom. The highest BCUT2D eigenvalue weighted by molar-refractivity contribution is 5.93. The predicted molar refractivity (Wildman–Crippen MR) is 85.7 cm³/mol. The van der Waals surface area contributed by atoms with Crippen molar-refractivity contribution < 1.29 is 9.53 Å². The summed E-state index contributed by atoms with van der Waals surface area (Å²) in [5, 5.41) is 10.8. The van der Waals surface area contributed by atoms with E-state index in [1.807, 2.05) is 19.1 Å². The lowest BCUT2D eigenvalue weighted by Crippen LogP contribution is -2.23. The minimum atomic E-state index is -0.235. The summed E-state index contributed by atoms with van der Waals surface area (Å²) in [6.07, 6.45) is 6.59. The molecule has 3 rings (SSSR count). The van der Waals surface area contributed by atoms with E-state index in [1.165, 1.54) is 6.20 Å². The van der Waals surface area contributed by atoms with Crippen molar-refractivity contribution in [1.29, 1.82) is 0 Å². The minimum absolute atomic E-state index is 0.235. The van der Waals surface area contributed by atoms with Gasteiger partial charge in [0, 0.05) is 18.5 Å². The summed E-state index contributed by atoms with van der Waals surface area (Å²) < 4.78 is 6.85. The van der Waals surface area contributed by atoms with E-state index in [1.54, 1.807) is 35.4 Å². The number of nitrogens with one attached hydrogen (secondary N) is 1. The third kappa shape index (κ3) is 3.72. The van der Waals surface area contributed by atoms with Crippen LogP contribution in [0.2, 0.25) is 0 Å². The number of pyridine rings is 2. The molecule has 0 atom stereocenters. The van der Waals surface area contributed by atoms with Gasteiger partial charge in [-0.15, -0.1) is 5.10 Å². The number of amides is 1. The Bertz CT molecular complexity index is 801. The normalized spacial score (nSPS) is 10.4. The SMILES string of the molecule is CCOc1ccc(C(=O)NCc2cn(-c3cccnc3)nn2)cn1. The molecule has 0 aliphatic heterocycles. The van der Waals surface area contributed by atoms with Crippen LogP contribution < -0.4 is 10.1 Å². The molecule has 122 valence electrons. The molecule has 0 saturated heterocycles. The molecular formula is C16H16N6O2. The van der Waals surface area contributed by atoms with Crippen molar-refractivity contribution in [2.75, 3.05) is 6.61 Å². The van der Waals surface area contributed by atoms with Gasteiger partial charge in [0.25, 0.3) is 5.91 Å². The zero-order valence-corrected chi connectivity index (χ0v) is 13.1. The van der Waals surface area contributed by atoms with Crippen molar-refractivity contribution in [3.63, 3.8) is 0 Å². The van der Waals surface area contributed by atoms with Crippen molar-refractivity contribution in [2.24, 2.45) is 0 Å². The summed E-state index contributed by atoms with van der Waals surface area (Å²) in [4.78, 5) is 20.2. The van der Waals surface area contributed by atoms with Crippen LogP contribution in [0.1, 0.15) is 23.0 Å². The number of nitrogens with zero attached hydrogens (tertiary/aromatic N) is 5. The van der Waals surface area contributed by atoms with E-state index in [-0.39, 0.29) is 12.5 Å². The zero-order chi connectivity index (χ0) is 16.8. The van der Waals surface area contributed by atoms with Crippen molar-refractivity contribution in [3.8, 4) is 11.6 Å². The van der Waals surface area contributed by atoms with Crippen LogP contribution in [-0.2, 0) is 6.54 Å². The standard InChI is InChI=1S/C16H16N6O2/c1-2-24-15-6-5-12(8-18-15)16(23)19-9-13-11-22(21-20-13)14-4-3-7-17-10-14/h3-8,10-11H,2,9H2,1H3,(H,19,23). The maximum absolute atomic E-state index is 12.1. The smallest absolute Gasteiger partial charge is 0.253 e. The average Bonchev–Trinajstić information content (AvgIpc) is 3.10. The Morgan fingerprint density at radius 3 is 2.92 bits per heavy atom. The third-order valence-electron chi connectivity index (χ3n) is 3.17. The molecule has 24 heavy (non-hydrogen) atoms. The highest BCUT2D eigenvalue weighted by Crippen LogP contribution is 2.08. The fourth-order valence-corrected chi connectivity index (χ4v) is 2.02. The summed E-state index contributed by atoms with van der Waals surface area (Å²) >= 11 is 0. The molecule has 8 heteroatoms. The van der Waals surface area contributed by atoms with Crippen molar-refractivity contribution in [3.05, 3.63) is 60.3 Å². The van der Waals surface area contributed by atoms with Crippen LogP contribution in [0, 0.1) is 0 Å². The van der Waals surface area contributed by atoms with Gasteiger partial charge < -0.3 is 10.1 Å². The fraction of sp³-hybridized carbons (Fsp3) is 0.188. The lowest BCUT2D eigenvalue weighted by Gasteiger charge is -2.04. The summed E-state index contributed by atoms with van der Waals surface area (Å²) in [5.74, 6) is 0.259. The molecule has 3 aromatic heterocycles. The van der Waals surface area contributed by atoms with Gasteiger partial charge >= 0.3 is 0 Å². The van der Waals surface area contributed by atoms with Gasteiger partial charge in [0.1, 0.15) is 5.69 Å². The zero-order valence-electron chi connectivity index (χ0n) is 13.1. The first-order valence-electron chi connectivity index (χ1n) is 7.45. The van der Waals surface area contributed by atoms with Gasteiger partial charge in [0.05, 0.1) is 36.8 Å². The number of ether oxygens (including phenoxy) is 1. The summed E-state index contributed by atoms with van der Waals surface area (Å²) in [6, 6.07) is 7.02. The maximum Gasteiger partial charge on any atom is 0.253 e. The number of carbonyl (C=O) groups is 1. The first-order valence-corrected chi connectivity index (χ1v) is 7.45. The number of hydrogen-bond acceptors (Lipinski definition) is 6. The largest absolute Gasteiger partial charge is 0.478 e. The van der Waals surface area contributed by atoms with E-state index in [0.717, 1.165) is 5.69 Å². The summed E-state index contributed by atoms with van der Waals surface area (Å²) in [6.45, 7) is 2.68. The molecule has 0 unspecified atom stereocenters. The van der Waals surface area contributed by atoms with Gasteiger partial charge in [-0.05, 0) is 25.1 Å². The summed E-state index contributed by atoms with van der Waals surface area (Å²) in [7, 11) is 0. The Kier molecular flexibility index (Phi) is 4.76. The van der Waals surface area contributed by atoms with Gasteiger partial charge in [-0.2, -0.15) is 0 Å². The van der Waals surface area contributed by atoms with Crippen LogP contribution >= 0.6 is 0 Å². The highest BCUT2D eigenvalue weighted by atomic mass is 16.5. The lowest BCUT2D eigenvalue weighted by atomic mass is 10.2. The van der Waals surface area contributed by atoms with E-state index >= 15 is 0 Å². The van der Waals surface area contributed by atoms with E-state index in [4.69, 9.17) is 4.74 Å². The molecule has 0 aromatic carbocycles. The van der Waals surface area contributed by atoms with Gasteiger partial charge in [-0.1, -0.05) is 5.21 Å². The number of hydrogen-bond donors (Lipinski definition) is 1. The highest BCUT2D eigenvalue weighted by Gasteiger charge is 2.08. The Labute approximate surface area is 138 Å². The van der Waals surface area contributed by atoms with E-state index in [2.05, 4.69) is 25.6 Å². The number of aromatic nitrogens is 5. The fourth-order valence-electron chi connectivity index (χ4n) is 2.02. The van der Waals surface area contributed by atoms with E-state index in [0.29, 0.717) is 23.7 Å². The van der Waals surface area contributed by atoms with Crippen LogP contribution in [0.15, 0.2) is 49.1 Å². The number of rotatable bonds is 6. The lowest BCUT2D eigenvalue weighted by molar-refractivity contribution is 0.0950. The second-order valence-electron chi connectivity index (χ2n) is 4.87. The Balaban J connectivity index is 1.59. The Hall–Kier alpha value is -3.29. The second kappa shape index (κ2) is 7.32. The van der Waals surface area contributed by atoms with Crippen LogP contribution in [0.5, 0.6) is 5.88 Å². The monoisotopic (exact) mass is 324 g/mol. The summed E-state index contributed by atoms with van der Waals surface area (Å²) in [5.41, 5.74) is 1.91. The predicted octanol–water partition coefficient (Wildman–Crippen LogP) is 1.39. The molecule has 1 amide bonds. The molecule has 0 aliphatic rings. The number of carbonyl (C=O) groups excluding carboxylic acids is 1. The first-order chi connectivity index (χ1) is 11.8. The topological polar surface area (TPSA) is 94.8 Å². The first kappa shape index (κ1) is 15.6. The molecule has 0 aliphatic carbocycles. The molecule has 0 fully saturated rings. The molecule has 0 radical (unpaired) electrons. The third-order valence-corrected chi connectivity index (χ3v) is 3.17. The van der Waals surface area contributed by atoms with Gasteiger partial charge in [-0.25, -0.2) is 9.67 Å². The molecule has 0 spiro atoms. The molecule has 8 nitrogen and oxygen atoms in total. The van der Waals surface area contributed by atoms with Crippen LogP contribution in [0.4, 0.5) is 0 Å². The van der Waals surface area contributed by atoms with Crippen LogP contribution in [-0.4, -0.2) is 37.5 Å². The molecule has 3 aromatic rings. The molecule has 1 N–H and O–H groups in total.